The predicted molar refractivity (Wildman–Crippen MR) is 71.0 cm³/mol. The molecule has 0 saturated heterocycles. The van der Waals surface area contributed by atoms with Gasteiger partial charge in [-0.3, -0.25) is 9.59 Å². The van der Waals surface area contributed by atoms with Gasteiger partial charge in [0.15, 0.2) is 5.78 Å². The van der Waals surface area contributed by atoms with Gasteiger partial charge >= 0.3 is 0 Å². The van der Waals surface area contributed by atoms with Gasteiger partial charge in [0.25, 0.3) is 0 Å². The number of fused-ring (bicyclic) bond motifs is 2. The average Bonchev–Trinajstić information content (AvgIpc) is 2.63. The molecule has 0 spiro atoms. The van der Waals surface area contributed by atoms with Crippen LogP contribution in [0.25, 0.3) is 0 Å². The smallest absolute Gasteiger partial charge is 0.234 e. The number of rotatable bonds is 3. The van der Waals surface area contributed by atoms with Crippen LogP contribution in [0.3, 0.4) is 0 Å². The highest BCUT2D eigenvalue weighted by Gasteiger charge is 2.76. The molecule has 2 fully saturated rings. The lowest BCUT2D eigenvalue weighted by atomic mass is 9.64. The molecule has 0 radical (unpaired) electrons. The first kappa shape index (κ1) is 13.8. The van der Waals surface area contributed by atoms with Crippen molar-refractivity contribution in [2.45, 2.75) is 33.6 Å². The number of amides is 1. The summed E-state index contributed by atoms with van der Waals surface area (Å²) in [6, 6.07) is 0. The highest BCUT2D eigenvalue weighted by atomic mass is 16.4. The Morgan fingerprint density at radius 2 is 2.11 bits per heavy atom. The predicted octanol–water partition coefficient (Wildman–Crippen LogP) is 1.51. The normalized spacial score (nSPS) is 37.6. The van der Waals surface area contributed by atoms with E-state index in [9.17, 15) is 9.59 Å². The second-order valence-electron chi connectivity index (χ2n) is 6.14. The molecule has 2 bridgehead atoms. The number of carbonyl (C=O) groups is 2. The number of nitrogens with zero attached hydrogens (tertiary/aromatic N) is 1. The number of nitrogens with one attached hydrogen (secondary N) is 1. The highest BCUT2D eigenvalue weighted by molar-refractivity contribution is 6.50. The molecule has 2 N–H and O–H groups in total. The molecule has 0 aromatic rings. The third-order valence-electron chi connectivity index (χ3n) is 5.47. The standard InChI is InChI=1S/C14H20N2O3/c1-5-8-15-11(18)14-7-6-13(4,12(14,2)3)9(16-19)10(14)17/h5,19H,1,6-8H2,2-4H3,(H,15,18). The van der Waals surface area contributed by atoms with E-state index in [1.54, 1.807) is 6.08 Å². The van der Waals surface area contributed by atoms with Crippen molar-refractivity contribution >= 4 is 17.4 Å². The number of Topliss-reactive ketones (excluding diaryl/α,β-unsaturated/α-hetero) is 1. The van der Waals surface area contributed by atoms with Crippen LogP contribution in [0.2, 0.25) is 0 Å². The van der Waals surface area contributed by atoms with Gasteiger partial charge in [-0.1, -0.05) is 32.0 Å². The van der Waals surface area contributed by atoms with Crippen molar-refractivity contribution in [3.8, 4) is 0 Å². The molecule has 5 heteroatoms. The second-order valence-corrected chi connectivity index (χ2v) is 6.14. The summed E-state index contributed by atoms with van der Waals surface area (Å²) >= 11 is 0. The van der Waals surface area contributed by atoms with Crippen molar-refractivity contribution < 1.29 is 14.8 Å². The first-order chi connectivity index (χ1) is 8.79. The van der Waals surface area contributed by atoms with Crippen LogP contribution in [-0.4, -0.2) is 29.2 Å². The molecule has 2 atom stereocenters. The van der Waals surface area contributed by atoms with Gasteiger partial charge in [0.05, 0.1) is 0 Å². The van der Waals surface area contributed by atoms with E-state index >= 15 is 0 Å². The largest absolute Gasteiger partial charge is 0.411 e. The van der Waals surface area contributed by atoms with Gasteiger partial charge in [-0.2, -0.15) is 0 Å². The van der Waals surface area contributed by atoms with Crippen LogP contribution in [0, 0.1) is 16.2 Å². The molecule has 2 saturated carbocycles. The Hall–Kier alpha value is -1.65. The van der Waals surface area contributed by atoms with Crippen molar-refractivity contribution in [1.82, 2.24) is 5.32 Å². The van der Waals surface area contributed by atoms with Gasteiger partial charge in [0.1, 0.15) is 11.1 Å². The molecule has 19 heavy (non-hydrogen) atoms. The fourth-order valence-electron chi connectivity index (χ4n) is 3.77. The van der Waals surface area contributed by atoms with Crippen LogP contribution in [0.5, 0.6) is 0 Å². The van der Waals surface area contributed by atoms with E-state index < -0.39 is 16.2 Å². The topological polar surface area (TPSA) is 78.8 Å². The lowest BCUT2D eigenvalue weighted by molar-refractivity contribution is -0.143. The molecule has 5 nitrogen and oxygen atoms in total. The Kier molecular flexibility index (Phi) is 2.84. The van der Waals surface area contributed by atoms with Crippen LogP contribution in [-0.2, 0) is 9.59 Å². The van der Waals surface area contributed by atoms with Gasteiger partial charge in [-0.15, -0.1) is 6.58 Å². The van der Waals surface area contributed by atoms with E-state index in [-0.39, 0.29) is 17.4 Å². The summed E-state index contributed by atoms with van der Waals surface area (Å²) in [6.07, 6.45) is 2.75. The maximum atomic E-state index is 12.6. The number of hydrogen-bond acceptors (Lipinski definition) is 4. The fraction of sp³-hybridized carbons (Fsp3) is 0.643. The molecule has 0 heterocycles. The van der Waals surface area contributed by atoms with Crippen LogP contribution in [0.4, 0.5) is 0 Å². The number of carbonyl (C=O) groups excluding carboxylic acids is 2. The van der Waals surface area contributed by atoms with E-state index in [0.29, 0.717) is 19.4 Å². The molecule has 0 aromatic carbocycles. The SMILES string of the molecule is C=CCNC(=O)C12CCC(C)(C(=NO)C1=O)C2(C)C. The molecule has 0 aliphatic heterocycles. The Morgan fingerprint density at radius 3 is 2.58 bits per heavy atom. The highest BCUT2D eigenvalue weighted by Crippen LogP contribution is 2.69. The molecular weight excluding hydrogens is 244 g/mol. The van der Waals surface area contributed by atoms with Crippen molar-refractivity contribution in [1.29, 1.82) is 0 Å². The zero-order valence-electron chi connectivity index (χ0n) is 11.6. The number of ketones is 1. The first-order valence-corrected chi connectivity index (χ1v) is 6.46. The molecular formula is C14H20N2O3. The van der Waals surface area contributed by atoms with E-state index in [4.69, 9.17) is 5.21 Å². The van der Waals surface area contributed by atoms with E-state index in [0.717, 1.165) is 0 Å². The molecule has 1 amide bonds. The first-order valence-electron chi connectivity index (χ1n) is 6.46. The summed E-state index contributed by atoms with van der Waals surface area (Å²) in [6.45, 7) is 9.59. The lowest BCUT2D eigenvalue weighted by Gasteiger charge is -2.37. The summed E-state index contributed by atoms with van der Waals surface area (Å²) in [4.78, 5) is 25.1. The van der Waals surface area contributed by atoms with Crippen molar-refractivity contribution in [2.24, 2.45) is 21.4 Å². The Labute approximate surface area is 112 Å². The summed E-state index contributed by atoms with van der Waals surface area (Å²) < 4.78 is 0. The molecule has 2 unspecified atom stereocenters. The molecule has 2 aliphatic carbocycles. The quantitative estimate of drug-likeness (QED) is 0.351. The lowest BCUT2D eigenvalue weighted by Crippen LogP contribution is -2.50. The third-order valence-corrected chi connectivity index (χ3v) is 5.47. The van der Waals surface area contributed by atoms with Gasteiger partial charge in [0.2, 0.25) is 5.91 Å². The van der Waals surface area contributed by atoms with Gasteiger partial charge < -0.3 is 10.5 Å². The van der Waals surface area contributed by atoms with E-state index in [1.807, 2.05) is 20.8 Å². The van der Waals surface area contributed by atoms with Crippen molar-refractivity contribution in [2.75, 3.05) is 6.54 Å². The third kappa shape index (κ3) is 1.28. The molecule has 104 valence electrons. The number of oxime groups is 1. The summed E-state index contributed by atoms with van der Waals surface area (Å²) in [5.74, 6) is -0.625. The summed E-state index contributed by atoms with van der Waals surface area (Å²) in [5, 5.41) is 15.1. The molecule has 2 rings (SSSR count). The monoisotopic (exact) mass is 264 g/mol. The van der Waals surface area contributed by atoms with Crippen molar-refractivity contribution in [3.05, 3.63) is 12.7 Å². The average molecular weight is 264 g/mol. The van der Waals surface area contributed by atoms with Crippen LogP contribution < -0.4 is 5.32 Å². The summed E-state index contributed by atoms with van der Waals surface area (Å²) in [7, 11) is 0. The zero-order valence-corrected chi connectivity index (χ0v) is 11.6. The molecule has 2 aliphatic rings. The number of hydrogen-bond donors (Lipinski definition) is 2. The van der Waals surface area contributed by atoms with E-state index in [1.165, 1.54) is 0 Å². The Morgan fingerprint density at radius 1 is 1.47 bits per heavy atom. The summed E-state index contributed by atoms with van der Waals surface area (Å²) in [5.41, 5.74) is -2.10. The molecule has 0 aromatic heterocycles. The zero-order chi connectivity index (χ0) is 14.5. The van der Waals surface area contributed by atoms with Gasteiger partial charge in [0, 0.05) is 12.0 Å². The fourth-order valence-corrected chi connectivity index (χ4v) is 3.77. The minimum Gasteiger partial charge on any atom is -0.411 e. The minimum absolute atomic E-state index is 0.137. The van der Waals surface area contributed by atoms with Gasteiger partial charge in [-0.25, -0.2) is 0 Å². The Balaban J connectivity index is 2.54. The van der Waals surface area contributed by atoms with E-state index in [2.05, 4.69) is 17.1 Å². The Bertz CT molecular complexity index is 495. The maximum Gasteiger partial charge on any atom is 0.234 e. The van der Waals surface area contributed by atoms with Crippen molar-refractivity contribution in [3.63, 3.8) is 0 Å². The van der Waals surface area contributed by atoms with Gasteiger partial charge in [-0.05, 0) is 18.3 Å². The van der Waals surface area contributed by atoms with Crippen LogP contribution in [0.15, 0.2) is 17.8 Å². The second kappa shape index (κ2) is 3.92. The minimum atomic E-state index is -1.12. The van der Waals surface area contributed by atoms with Crippen LogP contribution >= 0.6 is 0 Å². The van der Waals surface area contributed by atoms with Crippen LogP contribution in [0.1, 0.15) is 33.6 Å². The maximum absolute atomic E-state index is 12.6.